The maximum absolute atomic E-state index is 13.5. The number of rotatable bonds is 6. The number of allylic oxidation sites excluding steroid dienone is 2. The minimum atomic E-state index is -0.0794. The molecule has 0 amide bonds. The number of hydrogen-bond acceptors (Lipinski definition) is 6. The second-order valence-corrected chi connectivity index (χ2v) is 8.91. The Hall–Kier alpha value is -3.13. The van der Waals surface area contributed by atoms with Gasteiger partial charge in [-0.25, -0.2) is 0 Å². The van der Waals surface area contributed by atoms with E-state index in [1.54, 1.807) is 11.6 Å². The minimum absolute atomic E-state index is 0.0794. The summed E-state index contributed by atoms with van der Waals surface area (Å²) in [5.41, 5.74) is 9.74. The molecule has 5 rings (SSSR count). The van der Waals surface area contributed by atoms with Crippen molar-refractivity contribution in [2.24, 2.45) is 12.8 Å². The highest BCUT2D eigenvalue weighted by Crippen LogP contribution is 2.27. The first-order valence-electron chi connectivity index (χ1n) is 11.5. The summed E-state index contributed by atoms with van der Waals surface area (Å²) in [7, 11) is 1.77. The van der Waals surface area contributed by atoms with E-state index in [1.807, 2.05) is 30.3 Å². The molecule has 2 aromatic heterocycles. The molecule has 0 saturated carbocycles. The first-order chi connectivity index (χ1) is 15.6. The first kappa shape index (κ1) is 20.8. The molecule has 0 bridgehead atoms. The number of nitrogens with zero attached hydrogens (tertiary/aromatic N) is 5. The summed E-state index contributed by atoms with van der Waals surface area (Å²) in [5.74, 6) is 1.34. The number of nitrogens with two attached hydrogens (primary N) is 1. The van der Waals surface area contributed by atoms with Gasteiger partial charge in [-0.1, -0.05) is 42.0 Å². The topological polar surface area (TPSA) is 94.0 Å². The Labute approximate surface area is 187 Å². The van der Waals surface area contributed by atoms with Gasteiger partial charge >= 0.3 is 0 Å². The number of fused-ring (bicyclic) bond motifs is 1. The van der Waals surface area contributed by atoms with Crippen LogP contribution in [0.3, 0.4) is 0 Å². The second-order valence-electron chi connectivity index (χ2n) is 8.91. The Bertz CT molecular complexity index is 1190. The van der Waals surface area contributed by atoms with Gasteiger partial charge in [0.15, 0.2) is 11.2 Å². The highest BCUT2D eigenvalue weighted by atomic mass is 16.1. The minimum Gasteiger partial charge on any atom is -0.351 e. The molecule has 1 aliphatic heterocycles. The van der Waals surface area contributed by atoms with Crippen molar-refractivity contribution in [2.75, 3.05) is 23.3 Å². The predicted molar refractivity (Wildman–Crippen MR) is 128 cm³/mol. The van der Waals surface area contributed by atoms with Crippen LogP contribution in [0.25, 0.3) is 11.2 Å². The SMILES string of the molecule is Cn1c(NCc2ccccc2)nc2nc(N3CCCC(N)C3)n(CC3=CCCC3)c2c1=O. The summed E-state index contributed by atoms with van der Waals surface area (Å²) in [6.07, 6.45) is 7.71. The van der Waals surface area contributed by atoms with Crippen LogP contribution in [0.1, 0.15) is 37.7 Å². The molecule has 32 heavy (non-hydrogen) atoms. The lowest BCUT2D eigenvalue weighted by Gasteiger charge is -2.32. The van der Waals surface area contributed by atoms with Crippen LogP contribution in [-0.2, 0) is 20.1 Å². The number of anilines is 2. The number of nitrogens with one attached hydrogen (secondary N) is 1. The quantitative estimate of drug-likeness (QED) is 0.581. The Morgan fingerprint density at radius 2 is 2.03 bits per heavy atom. The van der Waals surface area contributed by atoms with E-state index in [0.29, 0.717) is 30.2 Å². The van der Waals surface area contributed by atoms with Crippen LogP contribution in [0.15, 0.2) is 46.8 Å². The van der Waals surface area contributed by atoms with E-state index in [2.05, 4.69) is 20.9 Å². The molecule has 2 aliphatic rings. The lowest BCUT2D eigenvalue weighted by molar-refractivity contribution is 0.495. The summed E-state index contributed by atoms with van der Waals surface area (Å²) < 4.78 is 3.67. The molecule has 1 saturated heterocycles. The number of imidazole rings is 1. The maximum atomic E-state index is 13.5. The van der Waals surface area contributed by atoms with Crippen LogP contribution in [0.4, 0.5) is 11.9 Å². The molecule has 1 atom stereocenters. The number of hydrogen-bond donors (Lipinski definition) is 2. The van der Waals surface area contributed by atoms with Gasteiger partial charge in [-0.3, -0.25) is 13.9 Å². The Balaban J connectivity index is 1.56. The van der Waals surface area contributed by atoms with Crippen LogP contribution in [0.5, 0.6) is 0 Å². The Kier molecular flexibility index (Phi) is 5.70. The largest absolute Gasteiger partial charge is 0.351 e. The van der Waals surface area contributed by atoms with Crippen molar-refractivity contribution in [1.82, 2.24) is 19.1 Å². The highest BCUT2D eigenvalue weighted by Gasteiger charge is 2.26. The summed E-state index contributed by atoms with van der Waals surface area (Å²) in [4.78, 5) is 25.3. The van der Waals surface area contributed by atoms with E-state index >= 15 is 0 Å². The van der Waals surface area contributed by atoms with Crippen LogP contribution < -0.4 is 21.5 Å². The zero-order valence-electron chi connectivity index (χ0n) is 18.6. The number of piperidine rings is 1. The van der Waals surface area contributed by atoms with Crippen molar-refractivity contribution in [2.45, 2.75) is 51.2 Å². The summed E-state index contributed by atoms with van der Waals surface area (Å²) in [5, 5.41) is 3.31. The standard InChI is InChI=1S/C24H31N7O/c1-29-22(32)20-21(27-23(29)26-14-17-8-3-2-4-9-17)28-24(30-13-7-12-19(25)16-30)31(20)15-18-10-5-6-11-18/h2-4,8-10,19H,5-7,11-16,25H2,1H3,(H,26,27). The van der Waals surface area contributed by atoms with E-state index in [9.17, 15) is 4.79 Å². The maximum Gasteiger partial charge on any atom is 0.281 e. The monoisotopic (exact) mass is 433 g/mol. The summed E-state index contributed by atoms with van der Waals surface area (Å²) in [6.45, 7) is 2.93. The zero-order chi connectivity index (χ0) is 22.1. The van der Waals surface area contributed by atoms with Crippen LogP contribution >= 0.6 is 0 Å². The van der Waals surface area contributed by atoms with Gasteiger partial charge in [-0.05, 0) is 37.7 Å². The molecule has 3 heterocycles. The lowest BCUT2D eigenvalue weighted by atomic mass is 10.1. The molecular weight excluding hydrogens is 402 g/mol. The van der Waals surface area contributed by atoms with Gasteiger partial charge in [0.25, 0.3) is 5.56 Å². The molecule has 1 aromatic carbocycles. The molecule has 1 unspecified atom stereocenters. The molecule has 168 valence electrons. The predicted octanol–water partition coefficient (Wildman–Crippen LogP) is 2.78. The zero-order valence-corrected chi connectivity index (χ0v) is 18.6. The van der Waals surface area contributed by atoms with Gasteiger partial charge in [-0.2, -0.15) is 9.97 Å². The average Bonchev–Trinajstić information content (AvgIpc) is 3.44. The van der Waals surface area contributed by atoms with Gasteiger partial charge in [0.2, 0.25) is 11.9 Å². The van der Waals surface area contributed by atoms with Crippen molar-refractivity contribution in [1.29, 1.82) is 0 Å². The third-order valence-corrected chi connectivity index (χ3v) is 6.50. The molecule has 0 spiro atoms. The first-order valence-corrected chi connectivity index (χ1v) is 11.5. The highest BCUT2D eigenvalue weighted by molar-refractivity contribution is 5.75. The van der Waals surface area contributed by atoms with E-state index < -0.39 is 0 Å². The lowest BCUT2D eigenvalue weighted by Crippen LogP contribution is -2.44. The summed E-state index contributed by atoms with van der Waals surface area (Å²) >= 11 is 0. The van der Waals surface area contributed by atoms with Gasteiger partial charge in [0, 0.05) is 39.3 Å². The van der Waals surface area contributed by atoms with Gasteiger partial charge in [0.1, 0.15) is 0 Å². The fourth-order valence-corrected chi connectivity index (χ4v) is 4.75. The van der Waals surface area contributed by atoms with Gasteiger partial charge in [0.05, 0.1) is 0 Å². The molecule has 0 radical (unpaired) electrons. The van der Waals surface area contributed by atoms with E-state index in [1.165, 1.54) is 12.0 Å². The van der Waals surface area contributed by atoms with Crippen LogP contribution in [0, 0.1) is 0 Å². The van der Waals surface area contributed by atoms with E-state index in [4.69, 9.17) is 15.7 Å². The molecular formula is C24H31N7O. The van der Waals surface area contributed by atoms with Crippen LogP contribution in [-0.4, -0.2) is 38.2 Å². The van der Waals surface area contributed by atoms with E-state index in [-0.39, 0.29) is 11.6 Å². The number of aromatic nitrogens is 4. The normalized spacial score (nSPS) is 18.9. The van der Waals surface area contributed by atoms with Gasteiger partial charge in [-0.15, -0.1) is 0 Å². The van der Waals surface area contributed by atoms with Crippen molar-refractivity contribution >= 4 is 23.1 Å². The Morgan fingerprint density at radius 1 is 1.19 bits per heavy atom. The van der Waals surface area contributed by atoms with Gasteiger partial charge < -0.3 is 16.0 Å². The molecule has 3 N–H and O–H groups in total. The Morgan fingerprint density at radius 3 is 2.78 bits per heavy atom. The van der Waals surface area contributed by atoms with Crippen molar-refractivity contribution in [3.05, 3.63) is 57.9 Å². The second kappa shape index (κ2) is 8.78. The number of benzene rings is 1. The van der Waals surface area contributed by atoms with E-state index in [0.717, 1.165) is 50.3 Å². The van der Waals surface area contributed by atoms with Crippen molar-refractivity contribution in [3.63, 3.8) is 0 Å². The fraction of sp³-hybridized carbons (Fsp3) is 0.458. The van der Waals surface area contributed by atoms with Crippen LogP contribution in [0.2, 0.25) is 0 Å². The third-order valence-electron chi connectivity index (χ3n) is 6.50. The third kappa shape index (κ3) is 4.02. The molecule has 3 aromatic rings. The summed E-state index contributed by atoms with van der Waals surface area (Å²) in [6, 6.07) is 10.2. The van der Waals surface area contributed by atoms with Crippen molar-refractivity contribution < 1.29 is 0 Å². The van der Waals surface area contributed by atoms with Crippen molar-refractivity contribution in [3.8, 4) is 0 Å². The molecule has 8 heteroatoms. The smallest absolute Gasteiger partial charge is 0.281 e. The molecule has 1 aliphatic carbocycles. The fourth-order valence-electron chi connectivity index (χ4n) is 4.75. The molecule has 1 fully saturated rings. The molecule has 8 nitrogen and oxygen atoms in total. The average molecular weight is 434 g/mol.